The molecule has 4 N–H and O–H groups in total. The molecule has 0 bridgehead atoms. The lowest BCUT2D eigenvalue weighted by Gasteiger charge is -2.27. The molecule has 1 aliphatic rings. The number of anilines is 1. The van der Waals surface area contributed by atoms with Gasteiger partial charge in [0, 0.05) is 22.7 Å². The topological polar surface area (TPSA) is 72.4 Å². The average Bonchev–Trinajstić information content (AvgIpc) is 2.79. The molecule has 1 amide bonds. The Morgan fingerprint density at radius 2 is 2.00 bits per heavy atom. The molecule has 1 aromatic carbocycles. The molecule has 0 aromatic heterocycles. The highest BCUT2D eigenvalue weighted by atomic mass is 79.9. The van der Waals surface area contributed by atoms with Crippen LogP contribution in [0.2, 0.25) is 0 Å². The van der Waals surface area contributed by atoms with Crippen molar-refractivity contribution in [3.63, 3.8) is 0 Å². The maximum atomic E-state index is 11.2. The number of carbonyl (C=O) groups excluding carboxylic acids is 1. The second-order valence-corrected chi connectivity index (χ2v) is 6.12. The highest BCUT2D eigenvalue weighted by Gasteiger charge is 2.23. The van der Waals surface area contributed by atoms with Gasteiger partial charge in [0.05, 0.1) is 6.54 Å². The summed E-state index contributed by atoms with van der Waals surface area (Å²) >= 11 is 3.45. The van der Waals surface area contributed by atoms with Crippen molar-refractivity contribution in [1.29, 1.82) is 0 Å². The number of benzene rings is 1. The van der Waals surface area contributed by atoms with Crippen molar-refractivity contribution >= 4 is 27.5 Å². The van der Waals surface area contributed by atoms with Crippen LogP contribution in [-0.4, -0.2) is 23.4 Å². The largest absolute Gasteiger partial charge is 0.399 e. The van der Waals surface area contributed by atoms with Crippen molar-refractivity contribution in [2.45, 2.75) is 38.3 Å². The molecule has 2 rings (SSSR count). The maximum absolute atomic E-state index is 11.2. The molecule has 0 radical (unpaired) electrons. The van der Waals surface area contributed by atoms with Crippen LogP contribution >= 0.6 is 15.9 Å². The van der Waals surface area contributed by atoms with Gasteiger partial charge in [-0.2, -0.15) is 0 Å². The zero-order valence-corrected chi connectivity index (χ0v) is 12.5. The average molecular weight is 326 g/mol. The van der Waals surface area contributed by atoms with Crippen molar-refractivity contribution in [1.82, 2.24) is 4.90 Å². The van der Waals surface area contributed by atoms with E-state index < -0.39 is 0 Å². The van der Waals surface area contributed by atoms with Crippen LogP contribution in [0.25, 0.3) is 0 Å². The number of halogens is 1. The number of hydrogen-bond donors (Lipinski definition) is 2. The fourth-order valence-corrected chi connectivity index (χ4v) is 3.34. The molecule has 4 nitrogen and oxygen atoms in total. The predicted molar refractivity (Wildman–Crippen MR) is 80.4 cm³/mol. The molecule has 0 aliphatic heterocycles. The molecular formula is C14H20BrN3O. The van der Waals surface area contributed by atoms with E-state index in [4.69, 9.17) is 11.5 Å². The number of primary amides is 1. The van der Waals surface area contributed by atoms with Crippen molar-refractivity contribution in [2.75, 3.05) is 12.3 Å². The normalized spacial score (nSPS) is 16.1. The maximum Gasteiger partial charge on any atom is 0.231 e. The van der Waals surface area contributed by atoms with Gasteiger partial charge in [-0.25, -0.2) is 0 Å². The van der Waals surface area contributed by atoms with E-state index in [9.17, 15) is 4.79 Å². The summed E-state index contributed by atoms with van der Waals surface area (Å²) in [4.78, 5) is 13.4. The summed E-state index contributed by atoms with van der Waals surface area (Å²) in [5.74, 6) is -0.269. The summed E-state index contributed by atoms with van der Waals surface area (Å²) < 4.78 is 0.966. The first-order chi connectivity index (χ1) is 9.04. The summed E-state index contributed by atoms with van der Waals surface area (Å²) in [7, 11) is 0. The highest BCUT2D eigenvalue weighted by Crippen LogP contribution is 2.26. The van der Waals surface area contributed by atoms with E-state index in [2.05, 4.69) is 20.8 Å². The zero-order valence-electron chi connectivity index (χ0n) is 10.9. The van der Waals surface area contributed by atoms with Gasteiger partial charge < -0.3 is 11.5 Å². The predicted octanol–water partition coefficient (Wildman–Crippen LogP) is 2.26. The Kier molecular flexibility index (Phi) is 4.82. The summed E-state index contributed by atoms with van der Waals surface area (Å²) in [6, 6.07) is 6.33. The fraction of sp³-hybridized carbons (Fsp3) is 0.500. The lowest BCUT2D eigenvalue weighted by Crippen LogP contribution is -2.39. The fourth-order valence-electron chi connectivity index (χ4n) is 2.78. The Balaban J connectivity index is 2.11. The van der Waals surface area contributed by atoms with Gasteiger partial charge in [-0.1, -0.05) is 28.8 Å². The minimum absolute atomic E-state index is 0.269. The molecule has 1 aliphatic carbocycles. The summed E-state index contributed by atoms with van der Waals surface area (Å²) in [5.41, 5.74) is 13.1. The van der Waals surface area contributed by atoms with E-state index in [1.807, 2.05) is 18.2 Å². The molecule has 1 aromatic rings. The number of nitrogens with zero attached hydrogens (tertiary/aromatic N) is 1. The van der Waals surface area contributed by atoms with E-state index in [1.54, 1.807) is 0 Å². The van der Waals surface area contributed by atoms with Crippen molar-refractivity contribution in [3.05, 3.63) is 28.2 Å². The number of carbonyl (C=O) groups is 1. The van der Waals surface area contributed by atoms with Gasteiger partial charge in [-0.15, -0.1) is 0 Å². The van der Waals surface area contributed by atoms with Gasteiger partial charge in [0.15, 0.2) is 0 Å². The Morgan fingerprint density at radius 3 is 2.58 bits per heavy atom. The number of amides is 1. The third kappa shape index (κ3) is 4.21. The Hall–Kier alpha value is -1.07. The Morgan fingerprint density at radius 1 is 1.32 bits per heavy atom. The van der Waals surface area contributed by atoms with E-state index in [1.165, 1.54) is 12.8 Å². The van der Waals surface area contributed by atoms with Crippen LogP contribution in [0, 0.1) is 0 Å². The number of nitrogens with two attached hydrogens (primary N) is 2. The van der Waals surface area contributed by atoms with Crippen LogP contribution in [0.3, 0.4) is 0 Å². The van der Waals surface area contributed by atoms with E-state index in [0.29, 0.717) is 12.6 Å². The second kappa shape index (κ2) is 6.39. The Bertz CT molecular complexity index is 438. The molecule has 1 fully saturated rings. The van der Waals surface area contributed by atoms with Crippen LogP contribution in [0.4, 0.5) is 5.69 Å². The first-order valence-electron chi connectivity index (χ1n) is 6.62. The van der Waals surface area contributed by atoms with E-state index in [-0.39, 0.29) is 5.91 Å². The summed E-state index contributed by atoms with van der Waals surface area (Å²) in [6.45, 7) is 1.04. The van der Waals surface area contributed by atoms with Gasteiger partial charge in [0.25, 0.3) is 0 Å². The molecule has 5 heteroatoms. The van der Waals surface area contributed by atoms with Gasteiger partial charge >= 0.3 is 0 Å². The molecule has 1 saturated carbocycles. The van der Waals surface area contributed by atoms with Crippen molar-refractivity contribution < 1.29 is 4.79 Å². The molecule has 0 atom stereocenters. The van der Waals surface area contributed by atoms with Gasteiger partial charge in [-0.3, -0.25) is 9.69 Å². The first-order valence-corrected chi connectivity index (χ1v) is 7.41. The molecule has 0 heterocycles. The molecule has 0 saturated heterocycles. The minimum Gasteiger partial charge on any atom is -0.399 e. The lowest BCUT2D eigenvalue weighted by molar-refractivity contribution is -0.119. The van der Waals surface area contributed by atoms with Crippen LogP contribution < -0.4 is 11.5 Å². The molecule has 0 unspecified atom stereocenters. The van der Waals surface area contributed by atoms with Crippen molar-refractivity contribution in [2.24, 2.45) is 5.73 Å². The van der Waals surface area contributed by atoms with E-state index in [0.717, 1.165) is 35.1 Å². The summed E-state index contributed by atoms with van der Waals surface area (Å²) in [6.07, 6.45) is 4.77. The minimum atomic E-state index is -0.269. The highest BCUT2D eigenvalue weighted by molar-refractivity contribution is 9.10. The van der Waals surface area contributed by atoms with E-state index >= 15 is 0 Å². The van der Waals surface area contributed by atoms with Gasteiger partial charge in [-0.05, 0) is 36.6 Å². The van der Waals surface area contributed by atoms with Gasteiger partial charge in [0.1, 0.15) is 0 Å². The smallest absolute Gasteiger partial charge is 0.231 e. The number of rotatable bonds is 5. The zero-order chi connectivity index (χ0) is 13.8. The first kappa shape index (κ1) is 14.3. The van der Waals surface area contributed by atoms with Crippen LogP contribution in [0.5, 0.6) is 0 Å². The second-order valence-electron chi connectivity index (χ2n) is 5.20. The molecule has 104 valence electrons. The molecular weight excluding hydrogens is 306 g/mol. The van der Waals surface area contributed by atoms with Crippen LogP contribution in [-0.2, 0) is 11.3 Å². The van der Waals surface area contributed by atoms with Crippen molar-refractivity contribution in [3.8, 4) is 0 Å². The standard InChI is InChI=1S/C14H20BrN3O/c15-11-5-10(6-12(16)7-11)8-18(9-14(17)19)13-3-1-2-4-13/h5-7,13H,1-4,8-9,16H2,(H2,17,19). The SMILES string of the molecule is NC(=O)CN(Cc1cc(N)cc(Br)c1)C1CCCC1. The lowest BCUT2D eigenvalue weighted by atomic mass is 10.1. The molecule has 0 spiro atoms. The van der Waals surface area contributed by atoms with Crippen LogP contribution in [0.1, 0.15) is 31.2 Å². The third-order valence-corrected chi connectivity index (χ3v) is 4.02. The quantitative estimate of drug-likeness (QED) is 0.815. The Labute approximate surface area is 122 Å². The van der Waals surface area contributed by atoms with Crippen LogP contribution in [0.15, 0.2) is 22.7 Å². The monoisotopic (exact) mass is 325 g/mol. The summed E-state index contributed by atoms with van der Waals surface area (Å²) in [5, 5.41) is 0. The number of nitrogen functional groups attached to an aromatic ring is 1. The van der Waals surface area contributed by atoms with Gasteiger partial charge in [0.2, 0.25) is 5.91 Å². The number of hydrogen-bond acceptors (Lipinski definition) is 3. The molecule has 19 heavy (non-hydrogen) atoms. The third-order valence-electron chi connectivity index (χ3n) is 3.57.